The highest BCUT2D eigenvalue weighted by Gasteiger charge is 2.29. The molecule has 2 aliphatic heterocycles. The Morgan fingerprint density at radius 1 is 0.655 bits per heavy atom. The number of fused-ring (bicyclic) bond motifs is 6. The van der Waals surface area contributed by atoms with Crippen LogP contribution in [0, 0.1) is 20.2 Å². The summed E-state index contributed by atoms with van der Waals surface area (Å²) in [6.07, 6.45) is 1.10. The summed E-state index contributed by atoms with van der Waals surface area (Å²) in [6.45, 7) is 2.90. The van der Waals surface area contributed by atoms with Crippen LogP contribution in [-0.4, -0.2) is 58.4 Å². The van der Waals surface area contributed by atoms with Crippen molar-refractivity contribution in [1.29, 1.82) is 0 Å². The second kappa shape index (κ2) is 16.6. The van der Waals surface area contributed by atoms with Crippen LogP contribution in [0.1, 0.15) is 58.1 Å². The number of nitro benzene ring substituents is 2. The predicted octanol–water partition coefficient (Wildman–Crippen LogP) is 8.93. The van der Waals surface area contributed by atoms with Gasteiger partial charge in [0.25, 0.3) is 23.2 Å². The minimum absolute atomic E-state index is 0.0588. The van der Waals surface area contributed by atoms with Crippen molar-refractivity contribution in [3.63, 3.8) is 0 Å². The number of carbonyl (C=O) groups is 4. The summed E-state index contributed by atoms with van der Waals surface area (Å²) in [5.74, 6) is -1.78. The number of nitrogens with zero attached hydrogens (tertiary/aromatic N) is 4. The van der Waals surface area contributed by atoms with Crippen LogP contribution in [0.25, 0.3) is 20.9 Å². The van der Waals surface area contributed by atoms with E-state index in [1.54, 1.807) is 22.8 Å². The third kappa shape index (κ3) is 7.83. The first-order valence-corrected chi connectivity index (χ1v) is 19.6. The summed E-state index contributed by atoms with van der Waals surface area (Å²) in [5, 5.41) is 31.0. The van der Waals surface area contributed by atoms with E-state index in [2.05, 4.69) is 0 Å². The summed E-state index contributed by atoms with van der Waals surface area (Å²) in [4.78, 5) is 76.5. The number of para-hydroxylation sites is 2. The molecule has 1 N–H and O–H groups in total. The number of carbonyl (C=O) groups excluding carboxylic acids is 3. The Morgan fingerprint density at radius 2 is 1.07 bits per heavy atom. The van der Waals surface area contributed by atoms with Gasteiger partial charge in [-0.15, -0.1) is 22.7 Å². The van der Waals surface area contributed by atoms with E-state index >= 15 is 0 Å². The van der Waals surface area contributed by atoms with E-state index in [0.717, 1.165) is 37.7 Å². The van der Waals surface area contributed by atoms with Crippen LogP contribution in [0.3, 0.4) is 0 Å². The van der Waals surface area contributed by atoms with Gasteiger partial charge in [0.15, 0.2) is 0 Å². The molecule has 58 heavy (non-hydrogen) atoms. The molecule has 6 aromatic rings. The highest BCUT2D eigenvalue weighted by molar-refractivity contribution is 7.18. The lowest BCUT2D eigenvalue weighted by Gasteiger charge is -2.23. The quantitative estimate of drug-likeness (QED) is 0.0925. The van der Waals surface area contributed by atoms with Gasteiger partial charge < -0.3 is 19.6 Å². The Bertz CT molecular complexity index is 2600. The lowest BCUT2D eigenvalue weighted by atomic mass is 10.1. The molecule has 0 bridgehead atoms. The average molecular weight is 817 g/mol. The van der Waals surface area contributed by atoms with Crippen LogP contribution in [0.4, 0.5) is 22.7 Å². The number of anilines is 2. The van der Waals surface area contributed by atoms with E-state index in [1.807, 2.05) is 54.6 Å². The summed E-state index contributed by atoms with van der Waals surface area (Å²) < 4.78 is 5.13. The third-order valence-corrected chi connectivity index (χ3v) is 11.9. The second-order valence-electron chi connectivity index (χ2n) is 13.0. The molecule has 0 spiro atoms. The van der Waals surface area contributed by atoms with Gasteiger partial charge in [-0.2, -0.15) is 0 Å². The molecule has 0 fully saturated rings. The molecule has 4 aromatic carbocycles. The number of carboxylic acids is 1. The lowest BCUT2D eigenvalue weighted by Crippen LogP contribution is -2.32. The van der Waals surface area contributed by atoms with Crippen molar-refractivity contribution in [3.05, 3.63) is 161 Å². The molecule has 0 radical (unpaired) electrons. The van der Waals surface area contributed by atoms with E-state index < -0.39 is 15.8 Å². The molecular formula is C42H32N4O10S2. The average Bonchev–Trinajstić information content (AvgIpc) is 3.79. The number of thiophene rings is 2. The molecule has 16 heteroatoms. The fourth-order valence-electron chi connectivity index (χ4n) is 6.79. The predicted molar refractivity (Wildman–Crippen MR) is 219 cm³/mol. The molecule has 2 amide bonds. The maximum Gasteiger partial charge on any atom is 0.348 e. The van der Waals surface area contributed by atoms with Gasteiger partial charge >= 0.3 is 11.9 Å². The molecule has 0 aliphatic carbocycles. The van der Waals surface area contributed by atoms with Gasteiger partial charge in [0.1, 0.15) is 9.75 Å². The molecule has 0 saturated carbocycles. The summed E-state index contributed by atoms with van der Waals surface area (Å²) in [6, 6.07) is 29.6. The van der Waals surface area contributed by atoms with Gasteiger partial charge in [0, 0.05) is 69.4 Å². The molecule has 2 aromatic heterocycles. The minimum Gasteiger partial charge on any atom is -0.477 e. The van der Waals surface area contributed by atoms with Crippen LogP contribution in [-0.2, 0) is 17.6 Å². The fraction of sp³-hybridized carbons (Fsp3) is 0.143. The first-order valence-electron chi connectivity index (χ1n) is 17.9. The number of hydrogen-bond donors (Lipinski definition) is 1. The number of hydrogen-bond acceptors (Lipinski definition) is 11. The van der Waals surface area contributed by atoms with Crippen molar-refractivity contribution in [2.75, 3.05) is 29.5 Å². The standard InChI is InChI=1S/C22H18N2O5S.C20H14N2O5S/c1-2-29-22(26)19-13-15-11-12-23(18-6-4-3-5-17(18)20(15)30-19)21(25)14-7-9-16(10-8-14)24(27)28;23-19(12-5-7-14(8-6-12)22(26)27)21-10-9-13-11-17(20(24)25)28-18(13)15-3-1-2-4-16(15)21/h3-10,13H,2,11-12H2,1H3;1-8,11H,9-10H2,(H,24,25). The molecule has 0 unspecified atom stereocenters. The first kappa shape index (κ1) is 39.2. The number of esters is 1. The van der Waals surface area contributed by atoms with E-state index in [-0.39, 0.29) is 34.0 Å². The number of nitro groups is 2. The number of benzene rings is 4. The van der Waals surface area contributed by atoms with E-state index in [4.69, 9.17) is 4.74 Å². The molecule has 8 rings (SSSR count). The van der Waals surface area contributed by atoms with Crippen LogP contribution < -0.4 is 9.80 Å². The van der Waals surface area contributed by atoms with Gasteiger partial charge in [-0.25, -0.2) is 9.59 Å². The van der Waals surface area contributed by atoms with Gasteiger partial charge in [0.2, 0.25) is 0 Å². The van der Waals surface area contributed by atoms with Crippen LogP contribution in [0.5, 0.6) is 0 Å². The zero-order valence-electron chi connectivity index (χ0n) is 30.7. The first-order chi connectivity index (χ1) is 27.9. The number of aromatic carboxylic acids is 1. The highest BCUT2D eigenvalue weighted by Crippen LogP contribution is 2.43. The molecule has 0 saturated heterocycles. The Kier molecular flexibility index (Phi) is 11.2. The molecule has 2 aliphatic rings. The smallest absolute Gasteiger partial charge is 0.348 e. The fourth-order valence-corrected chi connectivity index (χ4v) is 9.01. The molecular weight excluding hydrogens is 785 g/mol. The SMILES string of the molecule is CCOC(=O)c1cc2c(s1)-c1ccccc1N(C(=O)c1ccc([N+](=O)[O-])cc1)CC2.O=C(O)c1cc2c(s1)-c1ccccc1N(C(=O)c1ccc([N+](=O)[O-])cc1)CC2. The van der Waals surface area contributed by atoms with Crippen molar-refractivity contribution in [2.45, 2.75) is 19.8 Å². The Hall–Kier alpha value is -7.04. The van der Waals surface area contributed by atoms with Crippen molar-refractivity contribution >= 4 is 69.2 Å². The van der Waals surface area contributed by atoms with Crippen molar-refractivity contribution in [3.8, 4) is 20.9 Å². The number of carboxylic acid groups (broad SMARTS) is 1. The maximum absolute atomic E-state index is 13.2. The van der Waals surface area contributed by atoms with Gasteiger partial charge in [-0.3, -0.25) is 29.8 Å². The molecule has 292 valence electrons. The summed E-state index contributed by atoms with van der Waals surface area (Å²) in [5.41, 5.74) is 5.63. The number of rotatable bonds is 7. The molecule has 14 nitrogen and oxygen atoms in total. The third-order valence-electron chi connectivity index (χ3n) is 9.53. The number of amides is 2. The van der Waals surface area contributed by atoms with Crippen LogP contribution in [0.2, 0.25) is 0 Å². The van der Waals surface area contributed by atoms with Crippen LogP contribution >= 0.6 is 22.7 Å². The normalized spacial score (nSPS) is 12.6. The zero-order valence-corrected chi connectivity index (χ0v) is 32.3. The van der Waals surface area contributed by atoms with E-state index in [9.17, 15) is 44.5 Å². The topological polar surface area (TPSA) is 190 Å². The Balaban J connectivity index is 0.000000177. The lowest BCUT2D eigenvalue weighted by molar-refractivity contribution is -0.385. The van der Waals surface area contributed by atoms with E-state index in [1.165, 1.54) is 71.2 Å². The van der Waals surface area contributed by atoms with Crippen molar-refractivity contribution in [2.24, 2.45) is 0 Å². The monoisotopic (exact) mass is 816 g/mol. The minimum atomic E-state index is -0.964. The second-order valence-corrected chi connectivity index (χ2v) is 15.1. The van der Waals surface area contributed by atoms with Gasteiger partial charge in [-0.05, 0) is 79.4 Å². The van der Waals surface area contributed by atoms with Crippen molar-refractivity contribution in [1.82, 2.24) is 0 Å². The summed E-state index contributed by atoms with van der Waals surface area (Å²) >= 11 is 2.57. The zero-order chi connectivity index (χ0) is 41.1. The van der Waals surface area contributed by atoms with Gasteiger partial charge in [0.05, 0.1) is 27.8 Å². The van der Waals surface area contributed by atoms with Gasteiger partial charge in [-0.1, -0.05) is 36.4 Å². The van der Waals surface area contributed by atoms with Crippen LogP contribution in [0.15, 0.2) is 109 Å². The Labute approximate surface area is 338 Å². The molecule has 4 heterocycles. The molecule has 0 atom stereocenters. The largest absolute Gasteiger partial charge is 0.477 e. The van der Waals surface area contributed by atoms with E-state index in [0.29, 0.717) is 54.2 Å². The highest BCUT2D eigenvalue weighted by atomic mass is 32.1. The number of ether oxygens (including phenoxy) is 1. The Morgan fingerprint density at radius 3 is 1.48 bits per heavy atom. The number of non-ortho nitro benzene ring substituents is 2. The van der Waals surface area contributed by atoms with Crippen molar-refractivity contribution < 1.29 is 38.9 Å². The maximum atomic E-state index is 13.2. The summed E-state index contributed by atoms with van der Waals surface area (Å²) in [7, 11) is 0.